The molecular weight excluding hydrogens is 532 g/mol. The Morgan fingerprint density at radius 2 is 1.76 bits per heavy atom. The Kier molecular flexibility index (Phi) is 9.61. The number of nitrogens with zero attached hydrogens (tertiary/aromatic N) is 2. The fourth-order valence-electron chi connectivity index (χ4n) is 5.57. The smallest absolute Gasteiger partial charge is 0.269 e. The molecule has 2 saturated heterocycles. The molecule has 0 radical (unpaired) electrons. The van der Waals surface area contributed by atoms with Crippen LogP contribution in [0.3, 0.4) is 0 Å². The van der Waals surface area contributed by atoms with Crippen LogP contribution in [0.25, 0.3) is 6.08 Å². The number of nitro groups is 1. The number of carbonyl (C=O) groups is 2. The first-order chi connectivity index (χ1) is 20.4. The van der Waals surface area contributed by atoms with Crippen LogP contribution >= 0.6 is 0 Å². The van der Waals surface area contributed by atoms with E-state index in [9.17, 15) is 19.7 Å². The third kappa shape index (κ3) is 7.82. The average molecular weight is 569 g/mol. The zero-order valence-electron chi connectivity index (χ0n) is 23.5. The van der Waals surface area contributed by atoms with Gasteiger partial charge in [-0.2, -0.15) is 0 Å². The largest absolute Gasteiger partial charge is 0.376 e. The van der Waals surface area contributed by atoms with Crippen molar-refractivity contribution in [3.63, 3.8) is 0 Å². The van der Waals surface area contributed by atoms with E-state index in [2.05, 4.69) is 39.8 Å². The van der Waals surface area contributed by atoms with E-state index in [-0.39, 0.29) is 23.6 Å². The fourth-order valence-corrected chi connectivity index (χ4v) is 5.57. The monoisotopic (exact) mass is 568 g/mol. The Morgan fingerprint density at radius 3 is 2.45 bits per heavy atom. The van der Waals surface area contributed by atoms with Gasteiger partial charge in [-0.15, -0.1) is 0 Å². The molecular formula is C33H36N4O5. The summed E-state index contributed by atoms with van der Waals surface area (Å²) in [6, 6.07) is 22.0. The van der Waals surface area contributed by atoms with Crippen molar-refractivity contribution in [1.29, 1.82) is 0 Å². The number of ether oxygens (including phenoxy) is 1. The topological polar surface area (TPSA) is 114 Å². The molecule has 5 rings (SSSR count). The second kappa shape index (κ2) is 13.9. The first kappa shape index (κ1) is 29.0. The van der Waals surface area contributed by atoms with Crippen LogP contribution in [0.15, 0.2) is 78.9 Å². The van der Waals surface area contributed by atoms with Crippen LogP contribution in [0, 0.1) is 16.0 Å². The van der Waals surface area contributed by atoms with E-state index < -0.39 is 4.92 Å². The second-order valence-corrected chi connectivity index (χ2v) is 10.9. The maximum atomic E-state index is 13.4. The van der Waals surface area contributed by atoms with E-state index in [0.29, 0.717) is 29.3 Å². The molecule has 2 amide bonds. The summed E-state index contributed by atoms with van der Waals surface area (Å²) in [7, 11) is 0. The minimum atomic E-state index is -0.467. The van der Waals surface area contributed by atoms with Crippen LogP contribution in [0.4, 0.5) is 17.1 Å². The lowest BCUT2D eigenvalue weighted by molar-refractivity contribution is -0.384. The van der Waals surface area contributed by atoms with Gasteiger partial charge in [-0.25, -0.2) is 0 Å². The van der Waals surface area contributed by atoms with Gasteiger partial charge in [0.1, 0.15) is 0 Å². The number of non-ortho nitro benzene ring substituents is 1. The first-order valence-electron chi connectivity index (χ1n) is 14.5. The predicted molar refractivity (Wildman–Crippen MR) is 164 cm³/mol. The molecule has 1 atom stereocenters. The summed E-state index contributed by atoms with van der Waals surface area (Å²) in [6.07, 6.45) is 8.04. The molecule has 0 aliphatic carbocycles. The number of piperidine rings is 1. The third-order valence-electron chi connectivity index (χ3n) is 7.88. The quantitative estimate of drug-likeness (QED) is 0.187. The van der Waals surface area contributed by atoms with E-state index in [1.165, 1.54) is 23.8 Å². The van der Waals surface area contributed by atoms with Crippen molar-refractivity contribution < 1.29 is 19.2 Å². The lowest BCUT2D eigenvalue weighted by Crippen LogP contribution is -2.37. The molecule has 0 spiro atoms. The molecule has 2 heterocycles. The first-order valence-corrected chi connectivity index (χ1v) is 14.5. The van der Waals surface area contributed by atoms with Crippen molar-refractivity contribution in [3.8, 4) is 0 Å². The van der Waals surface area contributed by atoms with E-state index in [1.807, 2.05) is 18.2 Å². The number of benzene rings is 3. The van der Waals surface area contributed by atoms with Gasteiger partial charge in [-0.05, 0) is 85.6 Å². The molecule has 3 aromatic rings. The summed E-state index contributed by atoms with van der Waals surface area (Å²) in [5.74, 6) is 0.0412. The third-order valence-corrected chi connectivity index (χ3v) is 7.88. The Labute approximate surface area is 245 Å². The van der Waals surface area contributed by atoms with Gasteiger partial charge in [0.05, 0.1) is 16.6 Å². The molecule has 0 saturated carbocycles. The van der Waals surface area contributed by atoms with Crippen LogP contribution in [0.5, 0.6) is 0 Å². The zero-order chi connectivity index (χ0) is 29.3. The molecule has 2 fully saturated rings. The maximum absolute atomic E-state index is 13.4. The number of hydrogen-bond acceptors (Lipinski definition) is 6. The van der Waals surface area contributed by atoms with Crippen molar-refractivity contribution in [3.05, 3.63) is 106 Å². The van der Waals surface area contributed by atoms with Crippen molar-refractivity contribution in [2.24, 2.45) is 5.92 Å². The van der Waals surface area contributed by atoms with Crippen LogP contribution < -0.4 is 15.5 Å². The highest BCUT2D eigenvalue weighted by molar-refractivity contribution is 6.05. The number of nitrogens with one attached hydrogen (secondary N) is 2. The minimum Gasteiger partial charge on any atom is -0.376 e. The van der Waals surface area contributed by atoms with Crippen LogP contribution in [-0.4, -0.2) is 49.1 Å². The molecule has 42 heavy (non-hydrogen) atoms. The zero-order valence-corrected chi connectivity index (χ0v) is 23.5. The molecule has 0 bridgehead atoms. The summed E-state index contributed by atoms with van der Waals surface area (Å²) < 4.78 is 5.68. The number of rotatable bonds is 10. The summed E-state index contributed by atoms with van der Waals surface area (Å²) in [6.45, 7) is 2.88. The molecule has 2 aliphatic heterocycles. The van der Waals surface area contributed by atoms with Gasteiger partial charge in [0.2, 0.25) is 5.91 Å². The number of carbonyl (C=O) groups excluding carboxylic acids is 2. The van der Waals surface area contributed by atoms with Gasteiger partial charge in [-0.3, -0.25) is 19.7 Å². The normalized spacial score (nSPS) is 17.3. The Balaban J connectivity index is 1.27. The van der Waals surface area contributed by atoms with E-state index in [0.717, 1.165) is 57.5 Å². The Hall–Kier alpha value is -4.50. The van der Waals surface area contributed by atoms with Gasteiger partial charge in [0.15, 0.2) is 0 Å². The van der Waals surface area contributed by atoms with E-state index in [1.54, 1.807) is 24.3 Å². The van der Waals surface area contributed by atoms with Gasteiger partial charge in [-0.1, -0.05) is 30.3 Å². The van der Waals surface area contributed by atoms with Crippen LogP contribution in [0.1, 0.15) is 47.2 Å². The second-order valence-electron chi connectivity index (χ2n) is 10.9. The summed E-state index contributed by atoms with van der Waals surface area (Å²) >= 11 is 0. The Bertz CT molecular complexity index is 1410. The van der Waals surface area contributed by atoms with Crippen molar-refractivity contribution in [2.45, 2.75) is 38.2 Å². The number of anilines is 2. The molecule has 9 heteroatoms. The highest BCUT2D eigenvalue weighted by atomic mass is 16.6. The highest BCUT2D eigenvalue weighted by Gasteiger charge is 2.25. The molecule has 9 nitrogen and oxygen atoms in total. The lowest BCUT2D eigenvalue weighted by atomic mass is 9.89. The average Bonchev–Trinajstić information content (AvgIpc) is 3.54. The molecule has 218 valence electrons. The van der Waals surface area contributed by atoms with Crippen molar-refractivity contribution >= 4 is 35.0 Å². The summed E-state index contributed by atoms with van der Waals surface area (Å²) in [5, 5.41) is 16.7. The van der Waals surface area contributed by atoms with Crippen LogP contribution in [0.2, 0.25) is 0 Å². The van der Waals surface area contributed by atoms with Gasteiger partial charge >= 0.3 is 0 Å². The lowest BCUT2D eigenvalue weighted by Gasteiger charge is -2.35. The molecule has 2 aliphatic rings. The summed E-state index contributed by atoms with van der Waals surface area (Å²) in [4.78, 5) is 38.8. The fraction of sp³-hybridized carbons (Fsp3) is 0.333. The Morgan fingerprint density at radius 1 is 1.00 bits per heavy atom. The van der Waals surface area contributed by atoms with Crippen molar-refractivity contribution in [1.82, 2.24) is 5.32 Å². The number of amides is 2. The van der Waals surface area contributed by atoms with Crippen LogP contribution in [-0.2, 0) is 16.0 Å². The van der Waals surface area contributed by atoms with Crippen molar-refractivity contribution in [2.75, 3.05) is 36.5 Å². The number of hydrogen-bond donors (Lipinski definition) is 2. The standard InChI is InChI=1S/C33H36N4O5/c38-32(15-10-24-8-12-28(13-9-24)37(40)41)35-27-11-14-31(30(22-27)33(39)34-23-29-7-4-20-42-29)36-18-16-26(17-19-36)21-25-5-2-1-3-6-25/h1-3,5-6,8-15,22,26,29H,4,7,16-21,23H2,(H,34,39)(H,35,38)/b15-10+/t29-/m0/s1. The molecule has 0 aromatic heterocycles. The minimum absolute atomic E-state index is 0.0117. The van der Waals surface area contributed by atoms with Gasteiger partial charge < -0.3 is 20.3 Å². The predicted octanol–water partition coefficient (Wildman–Crippen LogP) is 5.61. The molecule has 2 N–H and O–H groups in total. The SMILES string of the molecule is O=C(/C=C/c1ccc([N+](=O)[O-])cc1)Nc1ccc(N2CCC(Cc3ccccc3)CC2)c(C(=O)NC[C@@H]2CCCO2)c1. The highest BCUT2D eigenvalue weighted by Crippen LogP contribution is 2.30. The van der Waals surface area contributed by atoms with E-state index in [4.69, 9.17) is 4.74 Å². The van der Waals surface area contributed by atoms with Gasteiger partial charge in [0.25, 0.3) is 11.6 Å². The maximum Gasteiger partial charge on any atom is 0.269 e. The molecule has 0 unspecified atom stereocenters. The van der Waals surface area contributed by atoms with E-state index >= 15 is 0 Å². The number of nitro benzene ring substituents is 1. The summed E-state index contributed by atoms with van der Waals surface area (Å²) in [5.41, 5.74) is 3.90. The molecule has 3 aromatic carbocycles. The van der Waals surface area contributed by atoms with Gasteiger partial charge in [0, 0.05) is 55.8 Å².